The molecule has 0 radical (unpaired) electrons. The Hall–Kier alpha value is -1.55. The van der Waals surface area contributed by atoms with Crippen LogP contribution in [0.25, 0.3) is 0 Å². The minimum absolute atomic E-state index is 0.166. The van der Waals surface area contributed by atoms with Crippen molar-refractivity contribution in [3.63, 3.8) is 0 Å². The SMILES string of the molecule is O=C1OC2(CCNCC2)CN1Cc1ccccc1. The molecular weight excluding hydrogens is 228 g/mol. The second-order valence-electron chi connectivity index (χ2n) is 5.14. The van der Waals surface area contributed by atoms with Gasteiger partial charge in [-0.3, -0.25) is 4.90 Å². The van der Waals surface area contributed by atoms with Crippen LogP contribution in [0, 0.1) is 0 Å². The highest BCUT2D eigenvalue weighted by Crippen LogP contribution is 2.31. The molecule has 0 saturated carbocycles. The Labute approximate surface area is 107 Å². The second-order valence-corrected chi connectivity index (χ2v) is 5.14. The topological polar surface area (TPSA) is 41.6 Å². The Morgan fingerprint density at radius 1 is 1.22 bits per heavy atom. The molecule has 1 amide bonds. The quantitative estimate of drug-likeness (QED) is 0.864. The lowest BCUT2D eigenvalue weighted by atomic mass is 9.92. The minimum Gasteiger partial charge on any atom is -0.441 e. The lowest BCUT2D eigenvalue weighted by Gasteiger charge is -2.31. The predicted octanol–water partition coefficient (Wildman–Crippen LogP) is 1.76. The van der Waals surface area contributed by atoms with Crippen molar-refractivity contribution in [2.24, 2.45) is 0 Å². The summed E-state index contributed by atoms with van der Waals surface area (Å²) in [4.78, 5) is 13.8. The largest absolute Gasteiger partial charge is 0.441 e. The molecule has 2 aliphatic heterocycles. The summed E-state index contributed by atoms with van der Waals surface area (Å²) in [5.74, 6) is 0. The molecule has 1 N–H and O–H groups in total. The number of carbonyl (C=O) groups is 1. The molecule has 1 aromatic carbocycles. The lowest BCUT2D eigenvalue weighted by Crippen LogP contribution is -2.44. The number of carbonyl (C=O) groups excluding carboxylic acids is 1. The maximum absolute atomic E-state index is 11.9. The third kappa shape index (κ3) is 2.20. The smallest absolute Gasteiger partial charge is 0.410 e. The van der Waals surface area contributed by atoms with Gasteiger partial charge in [0.2, 0.25) is 0 Å². The van der Waals surface area contributed by atoms with E-state index in [1.54, 1.807) is 0 Å². The fourth-order valence-corrected chi connectivity index (χ4v) is 2.76. The highest BCUT2D eigenvalue weighted by Gasteiger charge is 2.45. The normalized spacial score (nSPS) is 22.2. The van der Waals surface area contributed by atoms with Crippen molar-refractivity contribution >= 4 is 6.09 Å². The van der Waals surface area contributed by atoms with Gasteiger partial charge in [-0.05, 0) is 18.7 Å². The van der Waals surface area contributed by atoms with Crippen molar-refractivity contribution < 1.29 is 9.53 Å². The molecule has 2 aliphatic rings. The zero-order valence-corrected chi connectivity index (χ0v) is 10.4. The maximum atomic E-state index is 11.9. The molecule has 0 atom stereocenters. The van der Waals surface area contributed by atoms with Crippen LogP contribution in [0.3, 0.4) is 0 Å². The van der Waals surface area contributed by atoms with E-state index in [-0.39, 0.29) is 11.7 Å². The van der Waals surface area contributed by atoms with Crippen LogP contribution in [0.1, 0.15) is 18.4 Å². The van der Waals surface area contributed by atoms with Gasteiger partial charge in [0.05, 0.1) is 6.54 Å². The Balaban J connectivity index is 1.69. The zero-order chi connectivity index (χ0) is 12.4. The summed E-state index contributed by atoms with van der Waals surface area (Å²) >= 11 is 0. The summed E-state index contributed by atoms with van der Waals surface area (Å²) in [5, 5.41) is 3.31. The van der Waals surface area contributed by atoms with E-state index in [4.69, 9.17) is 4.74 Å². The first kappa shape index (κ1) is 11.5. The monoisotopic (exact) mass is 246 g/mol. The molecule has 3 rings (SSSR count). The van der Waals surface area contributed by atoms with E-state index in [2.05, 4.69) is 5.32 Å². The van der Waals surface area contributed by atoms with E-state index in [0.29, 0.717) is 6.54 Å². The Morgan fingerprint density at radius 2 is 1.94 bits per heavy atom. The van der Waals surface area contributed by atoms with Gasteiger partial charge >= 0.3 is 6.09 Å². The van der Waals surface area contributed by atoms with E-state index in [9.17, 15) is 4.79 Å². The number of amides is 1. The standard InChI is InChI=1S/C14H18N2O2/c17-13-16(10-12-4-2-1-3-5-12)11-14(18-13)6-8-15-9-7-14/h1-5,15H,6-11H2. The first-order valence-corrected chi connectivity index (χ1v) is 6.50. The molecule has 1 aromatic rings. The number of hydrogen-bond donors (Lipinski definition) is 1. The van der Waals surface area contributed by atoms with Gasteiger partial charge in [0, 0.05) is 19.4 Å². The van der Waals surface area contributed by atoms with Gasteiger partial charge in [-0.1, -0.05) is 30.3 Å². The lowest BCUT2D eigenvalue weighted by molar-refractivity contribution is 0.0316. The maximum Gasteiger partial charge on any atom is 0.410 e. The first-order chi connectivity index (χ1) is 8.77. The van der Waals surface area contributed by atoms with Crippen LogP contribution in [0.15, 0.2) is 30.3 Å². The number of piperidine rings is 1. The number of nitrogens with one attached hydrogen (secondary N) is 1. The third-order valence-corrected chi connectivity index (χ3v) is 3.77. The summed E-state index contributed by atoms with van der Waals surface area (Å²) in [5.41, 5.74) is 0.914. The highest BCUT2D eigenvalue weighted by atomic mass is 16.6. The highest BCUT2D eigenvalue weighted by molar-refractivity contribution is 5.70. The van der Waals surface area contributed by atoms with Crippen molar-refractivity contribution in [3.05, 3.63) is 35.9 Å². The fraction of sp³-hybridized carbons (Fsp3) is 0.500. The molecule has 18 heavy (non-hydrogen) atoms. The van der Waals surface area contributed by atoms with Gasteiger partial charge in [-0.2, -0.15) is 0 Å². The van der Waals surface area contributed by atoms with E-state index >= 15 is 0 Å². The van der Waals surface area contributed by atoms with Gasteiger partial charge < -0.3 is 10.1 Å². The number of hydrogen-bond acceptors (Lipinski definition) is 3. The minimum atomic E-state index is -0.239. The predicted molar refractivity (Wildman–Crippen MR) is 68.2 cm³/mol. The summed E-state index contributed by atoms with van der Waals surface area (Å²) in [6, 6.07) is 10.1. The molecule has 1 spiro atoms. The zero-order valence-electron chi connectivity index (χ0n) is 10.4. The van der Waals surface area contributed by atoms with Gasteiger partial charge in [0.1, 0.15) is 5.60 Å². The molecule has 4 nitrogen and oxygen atoms in total. The van der Waals surface area contributed by atoms with E-state index in [1.807, 2.05) is 35.2 Å². The Bertz CT molecular complexity index is 427. The van der Waals surface area contributed by atoms with Gasteiger partial charge in [-0.25, -0.2) is 4.79 Å². The molecule has 0 bridgehead atoms. The van der Waals surface area contributed by atoms with Gasteiger partial charge in [0.25, 0.3) is 0 Å². The van der Waals surface area contributed by atoms with Gasteiger partial charge in [-0.15, -0.1) is 0 Å². The second kappa shape index (κ2) is 4.61. The Morgan fingerprint density at radius 3 is 2.67 bits per heavy atom. The van der Waals surface area contributed by atoms with Crippen LogP contribution in [0.4, 0.5) is 4.79 Å². The number of ether oxygens (including phenoxy) is 1. The first-order valence-electron chi connectivity index (χ1n) is 6.50. The van der Waals surface area contributed by atoms with E-state index < -0.39 is 0 Å². The average molecular weight is 246 g/mol. The summed E-state index contributed by atoms with van der Waals surface area (Å²) in [7, 11) is 0. The molecule has 4 heteroatoms. The number of nitrogens with zero attached hydrogens (tertiary/aromatic N) is 1. The van der Waals surface area contributed by atoms with Crippen molar-refractivity contribution in [2.45, 2.75) is 25.0 Å². The third-order valence-electron chi connectivity index (χ3n) is 3.77. The average Bonchev–Trinajstić information content (AvgIpc) is 2.68. The number of benzene rings is 1. The van der Waals surface area contributed by atoms with Gasteiger partial charge in [0.15, 0.2) is 0 Å². The molecule has 0 unspecified atom stereocenters. The molecule has 96 valence electrons. The van der Waals surface area contributed by atoms with E-state index in [1.165, 1.54) is 0 Å². The number of rotatable bonds is 2. The van der Waals surface area contributed by atoms with Crippen LogP contribution in [0.5, 0.6) is 0 Å². The van der Waals surface area contributed by atoms with Crippen LogP contribution < -0.4 is 5.32 Å². The summed E-state index contributed by atoms with van der Waals surface area (Å²) in [6.45, 7) is 3.25. The van der Waals surface area contributed by atoms with Crippen molar-refractivity contribution in [1.29, 1.82) is 0 Å². The van der Waals surface area contributed by atoms with Crippen LogP contribution in [-0.4, -0.2) is 36.2 Å². The van der Waals surface area contributed by atoms with Crippen LogP contribution in [-0.2, 0) is 11.3 Å². The van der Waals surface area contributed by atoms with Crippen molar-refractivity contribution in [1.82, 2.24) is 10.2 Å². The van der Waals surface area contributed by atoms with Crippen LogP contribution >= 0.6 is 0 Å². The molecule has 0 aromatic heterocycles. The fourth-order valence-electron chi connectivity index (χ4n) is 2.76. The summed E-state index contributed by atoms with van der Waals surface area (Å²) in [6.07, 6.45) is 1.68. The van der Waals surface area contributed by atoms with Crippen molar-refractivity contribution in [2.75, 3.05) is 19.6 Å². The molecule has 2 heterocycles. The molecule has 2 saturated heterocycles. The molecular formula is C14H18N2O2. The molecule has 0 aliphatic carbocycles. The van der Waals surface area contributed by atoms with E-state index in [0.717, 1.165) is 38.0 Å². The Kier molecular flexibility index (Phi) is 2.96. The van der Waals surface area contributed by atoms with Crippen molar-refractivity contribution in [3.8, 4) is 0 Å². The molecule has 2 fully saturated rings. The van der Waals surface area contributed by atoms with Crippen LogP contribution in [0.2, 0.25) is 0 Å². The summed E-state index contributed by atoms with van der Waals surface area (Å²) < 4.78 is 5.62.